The maximum Gasteiger partial charge on any atom is 0.161 e. The first-order chi connectivity index (χ1) is 9.78. The molecule has 0 aliphatic rings. The van der Waals surface area contributed by atoms with E-state index in [1.54, 1.807) is 32.0 Å². The summed E-state index contributed by atoms with van der Waals surface area (Å²) in [6.45, 7) is 0. The van der Waals surface area contributed by atoms with E-state index < -0.39 is 0 Å². The third-order valence-corrected chi connectivity index (χ3v) is 4.02. The van der Waals surface area contributed by atoms with Gasteiger partial charge >= 0.3 is 0 Å². The summed E-state index contributed by atoms with van der Waals surface area (Å²) in [5, 5.41) is 0. The number of carbonyl (C=O) groups excluding carboxylic acids is 1. The summed E-state index contributed by atoms with van der Waals surface area (Å²) >= 11 is 1.61. The molecule has 0 bridgehead atoms. The third-order valence-electron chi connectivity index (χ3n) is 2.88. The van der Waals surface area contributed by atoms with Crippen LogP contribution in [0.2, 0.25) is 0 Å². The van der Waals surface area contributed by atoms with E-state index in [9.17, 15) is 4.79 Å². The van der Waals surface area contributed by atoms with Crippen molar-refractivity contribution in [1.29, 1.82) is 0 Å². The summed E-state index contributed by atoms with van der Waals surface area (Å²) in [6, 6.07) is 13.7. The first kappa shape index (κ1) is 14.5. The molecule has 0 heterocycles. The summed E-state index contributed by atoms with van der Waals surface area (Å²) in [6.07, 6.45) is 0.843. The molecule has 0 aliphatic carbocycles. The van der Waals surface area contributed by atoms with Crippen molar-refractivity contribution in [3.8, 4) is 11.5 Å². The van der Waals surface area contributed by atoms with Crippen LogP contribution in [0.4, 0.5) is 0 Å². The van der Waals surface area contributed by atoms with Crippen LogP contribution in [-0.2, 0) is 5.75 Å². The van der Waals surface area contributed by atoms with Gasteiger partial charge in [0.25, 0.3) is 0 Å². The number of thioether (sulfide) groups is 1. The van der Waals surface area contributed by atoms with Crippen molar-refractivity contribution in [3.63, 3.8) is 0 Å². The molecule has 2 aromatic rings. The lowest BCUT2D eigenvalue weighted by atomic mass is 10.2. The van der Waals surface area contributed by atoms with Crippen LogP contribution in [0.15, 0.2) is 47.4 Å². The lowest BCUT2D eigenvalue weighted by Gasteiger charge is -2.11. The Bertz CT molecular complexity index is 582. The summed E-state index contributed by atoms with van der Waals surface area (Å²) in [4.78, 5) is 12.1. The molecule has 0 atom stereocenters. The highest BCUT2D eigenvalue weighted by molar-refractivity contribution is 7.98. The van der Waals surface area contributed by atoms with E-state index >= 15 is 0 Å². The van der Waals surface area contributed by atoms with Gasteiger partial charge in [0.1, 0.15) is 0 Å². The van der Waals surface area contributed by atoms with E-state index in [4.69, 9.17) is 9.47 Å². The van der Waals surface area contributed by atoms with Gasteiger partial charge in [-0.2, -0.15) is 0 Å². The normalized spacial score (nSPS) is 10.1. The highest BCUT2D eigenvalue weighted by atomic mass is 32.2. The van der Waals surface area contributed by atoms with Gasteiger partial charge in [0.05, 0.1) is 14.2 Å². The van der Waals surface area contributed by atoms with E-state index in [1.807, 2.05) is 24.3 Å². The largest absolute Gasteiger partial charge is 0.493 e. The summed E-state index contributed by atoms with van der Waals surface area (Å²) in [5.74, 6) is 2.00. The summed E-state index contributed by atoms with van der Waals surface area (Å²) < 4.78 is 10.5. The first-order valence-corrected chi connectivity index (χ1v) is 7.15. The van der Waals surface area contributed by atoms with E-state index in [0.717, 1.165) is 16.9 Å². The topological polar surface area (TPSA) is 35.5 Å². The number of aldehydes is 1. The standard InChI is InChI=1S/C16H16O3S/c1-18-14-8-13(10-17)16(9-15(14)19-2)20-11-12-6-4-3-5-7-12/h3-10H,11H2,1-2H3. The molecule has 4 heteroatoms. The Labute approximate surface area is 122 Å². The van der Waals surface area contributed by atoms with Gasteiger partial charge in [0.2, 0.25) is 0 Å². The minimum Gasteiger partial charge on any atom is -0.493 e. The maximum absolute atomic E-state index is 11.2. The molecular formula is C16H16O3S. The van der Waals surface area contributed by atoms with Gasteiger partial charge in [0, 0.05) is 16.2 Å². The molecule has 2 rings (SSSR count). The minimum absolute atomic E-state index is 0.568. The van der Waals surface area contributed by atoms with Crippen LogP contribution in [0.5, 0.6) is 11.5 Å². The molecule has 0 spiro atoms. The highest BCUT2D eigenvalue weighted by Gasteiger charge is 2.11. The van der Waals surface area contributed by atoms with Gasteiger partial charge < -0.3 is 9.47 Å². The van der Waals surface area contributed by atoms with Crippen LogP contribution < -0.4 is 9.47 Å². The van der Waals surface area contributed by atoms with Gasteiger partial charge in [-0.3, -0.25) is 4.79 Å². The third kappa shape index (κ3) is 3.33. The number of hydrogen-bond donors (Lipinski definition) is 0. The Morgan fingerprint density at radius 1 is 1.05 bits per heavy atom. The van der Waals surface area contributed by atoms with Crippen LogP contribution in [0.25, 0.3) is 0 Å². The summed E-state index contributed by atoms with van der Waals surface area (Å²) in [7, 11) is 3.15. The monoisotopic (exact) mass is 288 g/mol. The van der Waals surface area contributed by atoms with Crippen molar-refractivity contribution in [2.45, 2.75) is 10.6 Å². The molecule has 0 amide bonds. The van der Waals surface area contributed by atoms with Gasteiger partial charge in [-0.1, -0.05) is 30.3 Å². The van der Waals surface area contributed by atoms with Crippen LogP contribution in [0, 0.1) is 0 Å². The molecule has 0 saturated heterocycles. The fraction of sp³-hybridized carbons (Fsp3) is 0.188. The zero-order valence-corrected chi connectivity index (χ0v) is 12.3. The number of carbonyl (C=O) groups is 1. The van der Waals surface area contributed by atoms with Crippen LogP contribution in [-0.4, -0.2) is 20.5 Å². The molecule has 2 aromatic carbocycles. The number of methoxy groups -OCH3 is 2. The molecule has 0 aliphatic heterocycles. The Kier molecular flexibility index (Phi) is 5.07. The Hall–Kier alpha value is -1.94. The van der Waals surface area contributed by atoms with Crippen molar-refractivity contribution < 1.29 is 14.3 Å². The Balaban J connectivity index is 2.24. The van der Waals surface area contributed by atoms with Gasteiger partial charge in [-0.25, -0.2) is 0 Å². The maximum atomic E-state index is 11.2. The first-order valence-electron chi connectivity index (χ1n) is 6.16. The fourth-order valence-corrected chi connectivity index (χ4v) is 2.81. The van der Waals surface area contributed by atoms with Crippen LogP contribution in [0.3, 0.4) is 0 Å². The molecule has 104 valence electrons. The molecule has 0 aromatic heterocycles. The van der Waals surface area contributed by atoms with Crippen molar-refractivity contribution in [3.05, 3.63) is 53.6 Å². The highest BCUT2D eigenvalue weighted by Crippen LogP contribution is 2.35. The fourth-order valence-electron chi connectivity index (χ4n) is 1.83. The quantitative estimate of drug-likeness (QED) is 0.598. The van der Waals surface area contributed by atoms with Crippen molar-refractivity contribution in [2.24, 2.45) is 0 Å². The number of ether oxygens (including phenoxy) is 2. The van der Waals surface area contributed by atoms with Crippen LogP contribution >= 0.6 is 11.8 Å². The van der Waals surface area contributed by atoms with Gasteiger partial charge in [0.15, 0.2) is 17.8 Å². The molecule has 0 N–H and O–H groups in total. The van der Waals surface area contributed by atoms with Crippen molar-refractivity contribution >= 4 is 18.0 Å². The van der Waals surface area contributed by atoms with Crippen LogP contribution in [0.1, 0.15) is 15.9 Å². The second kappa shape index (κ2) is 7.01. The summed E-state index contributed by atoms with van der Waals surface area (Å²) in [5.41, 5.74) is 1.83. The van der Waals surface area contributed by atoms with E-state index in [2.05, 4.69) is 12.1 Å². The molecule has 0 unspecified atom stereocenters. The smallest absolute Gasteiger partial charge is 0.161 e. The minimum atomic E-state index is 0.568. The van der Waals surface area contributed by atoms with E-state index in [0.29, 0.717) is 17.1 Å². The molecule has 20 heavy (non-hydrogen) atoms. The van der Waals surface area contributed by atoms with Crippen molar-refractivity contribution in [1.82, 2.24) is 0 Å². The molecule has 0 saturated carbocycles. The average molecular weight is 288 g/mol. The second-order valence-electron chi connectivity index (χ2n) is 4.14. The molecular weight excluding hydrogens is 272 g/mol. The molecule has 3 nitrogen and oxygen atoms in total. The zero-order valence-electron chi connectivity index (χ0n) is 11.5. The molecule has 0 radical (unpaired) electrons. The predicted molar refractivity (Wildman–Crippen MR) is 80.9 cm³/mol. The average Bonchev–Trinajstić information content (AvgIpc) is 2.52. The van der Waals surface area contributed by atoms with Gasteiger partial charge in [-0.15, -0.1) is 11.8 Å². The second-order valence-corrected chi connectivity index (χ2v) is 5.15. The molecule has 0 fully saturated rings. The van der Waals surface area contributed by atoms with E-state index in [-0.39, 0.29) is 0 Å². The predicted octanol–water partition coefficient (Wildman–Crippen LogP) is 3.81. The van der Waals surface area contributed by atoms with E-state index in [1.165, 1.54) is 5.56 Å². The lowest BCUT2D eigenvalue weighted by Crippen LogP contribution is -1.95. The lowest BCUT2D eigenvalue weighted by molar-refractivity contribution is 0.112. The number of hydrogen-bond acceptors (Lipinski definition) is 4. The van der Waals surface area contributed by atoms with Crippen molar-refractivity contribution in [2.75, 3.05) is 14.2 Å². The van der Waals surface area contributed by atoms with Gasteiger partial charge in [-0.05, 0) is 17.7 Å². The Morgan fingerprint density at radius 2 is 1.70 bits per heavy atom. The zero-order chi connectivity index (χ0) is 14.4. The number of rotatable bonds is 6. The number of benzene rings is 2. The Morgan fingerprint density at radius 3 is 2.30 bits per heavy atom. The SMILES string of the molecule is COc1cc(C=O)c(SCc2ccccc2)cc1OC.